The number of rotatable bonds is 1. The fourth-order valence-corrected chi connectivity index (χ4v) is 2.69. The number of thiophene rings is 1. The third kappa shape index (κ3) is 2.29. The molecule has 2 rings (SSSR count). The minimum Gasteiger partial charge on any atom is -0.370 e. The number of hydrogen-bond donors (Lipinski definition) is 2. The van der Waals surface area contributed by atoms with Crippen molar-refractivity contribution in [3.8, 4) is 0 Å². The van der Waals surface area contributed by atoms with Gasteiger partial charge in [-0.3, -0.25) is 4.79 Å². The van der Waals surface area contributed by atoms with Crippen molar-refractivity contribution in [3.63, 3.8) is 0 Å². The second-order valence-electron chi connectivity index (χ2n) is 3.90. The molecule has 0 fully saturated rings. The van der Waals surface area contributed by atoms with E-state index in [2.05, 4.69) is 11.1 Å². The fraction of sp³-hybridized carbons (Fsp3) is 0.167. The van der Waals surface area contributed by atoms with Gasteiger partial charge in [-0.15, -0.1) is 11.3 Å². The van der Waals surface area contributed by atoms with Gasteiger partial charge in [0.25, 0.3) is 5.91 Å². The highest BCUT2D eigenvalue weighted by Crippen LogP contribution is 2.28. The molecule has 0 unspecified atom stereocenters. The van der Waals surface area contributed by atoms with Crippen molar-refractivity contribution in [1.82, 2.24) is 0 Å². The molecule has 1 aromatic heterocycles. The number of hydrogen-bond acceptors (Lipinski definition) is 2. The maximum Gasteiger partial charge on any atom is 0.280 e. The number of nitrogens with zero attached hydrogens (tertiary/aromatic N) is 1. The van der Waals surface area contributed by atoms with Crippen LogP contribution in [0.15, 0.2) is 23.2 Å². The molecule has 1 amide bonds. The Bertz CT molecular complexity index is 624. The largest absolute Gasteiger partial charge is 0.370 e. The zero-order valence-electron chi connectivity index (χ0n) is 9.65. The molecule has 0 atom stereocenters. The van der Waals surface area contributed by atoms with Crippen molar-refractivity contribution in [2.75, 3.05) is 0 Å². The second kappa shape index (κ2) is 4.18. The summed E-state index contributed by atoms with van der Waals surface area (Å²) in [4.78, 5) is 16.6. The Hall–Kier alpha value is -1.88. The van der Waals surface area contributed by atoms with E-state index in [1.165, 1.54) is 4.88 Å². The van der Waals surface area contributed by atoms with E-state index in [1.807, 2.05) is 26.0 Å². The summed E-state index contributed by atoms with van der Waals surface area (Å²) < 4.78 is 1.07. The van der Waals surface area contributed by atoms with Gasteiger partial charge in [0.1, 0.15) is 0 Å². The maximum atomic E-state index is 11.8. The highest BCUT2D eigenvalue weighted by Gasteiger charge is 2.11. The molecule has 4 nitrogen and oxygen atoms in total. The van der Waals surface area contributed by atoms with Crippen LogP contribution in [0.3, 0.4) is 0 Å². The van der Waals surface area contributed by atoms with Crippen LogP contribution in [0.1, 0.15) is 20.8 Å². The van der Waals surface area contributed by atoms with Gasteiger partial charge >= 0.3 is 0 Å². The molecular weight excluding hydrogens is 234 g/mol. The van der Waals surface area contributed by atoms with Crippen molar-refractivity contribution in [2.24, 2.45) is 16.5 Å². The molecule has 1 aromatic carbocycles. The van der Waals surface area contributed by atoms with Crippen LogP contribution >= 0.6 is 11.3 Å². The van der Waals surface area contributed by atoms with Crippen LogP contribution in [-0.2, 0) is 0 Å². The van der Waals surface area contributed by atoms with E-state index in [0.29, 0.717) is 5.56 Å². The molecule has 0 spiro atoms. The molecule has 0 aliphatic heterocycles. The predicted molar refractivity (Wildman–Crippen MR) is 71.4 cm³/mol. The normalized spacial score (nSPS) is 10.5. The first-order chi connectivity index (χ1) is 7.97. The fourth-order valence-electron chi connectivity index (χ4n) is 1.74. The predicted octanol–water partition coefficient (Wildman–Crippen LogP) is 1.93. The molecule has 88 valence electrons. The molecular formula is C12H13N3OS. The minimum atomic E-state index is -0.393. The van der Waals surface area contributed by atoms with Crippen molar-refractivity contribution >= 4 is 33.3 Å². The first-order valence-electron chi connectivity index (χ1n) is 5.12. The number of aliphatic imine (C=N–C) groups is 1. The van der Waals surface area contributed by atoms with Gasteiger partial charge in [0, 0.05) is 15.1 Å². The third-order valence-electron chi connectivity index (χ3n) is 2.45. The van der Waals surface area contributed by atoms with Crippen molar-refractivity contribution in [2.45, 2.75) is 13.8 Å². The van der Waals surface area contributed by atoms with Crippen LogP contribution < -0.4 is 11.5 Å². The van der Waals surface area contributed by atoms with E-state index >= 15 is 0 Å². The third-order valence-corrected chi connectivity index (χ3v) is 3.46. The van der Waals surface area contributed by atoms with Gasteiger partial charge in [0.2, 0.25) is 0 Å². The van der Waals surface area contributed by atoms with Crippen LogP contribution in [0, 0.1) is 13.8 Å². The van der Waals surface area contributed by atoms with Gasteiger partial charge in [-0.05, 0) is 43.0 Å². The maximum absolute atomic E-state index is 11.8. The smallest absolute Gasteiger partial charge is 0.280 e. The number of benzene rings is 1. The molecule has 17 heavy (non-hydrogen) atoms. The second-order valence-corrected chi connectivity index (χ2v) is 5.19. The van der Waals surface area contributed by atoms with E-state index in [0.717, 1.165) is 15.6 Å². The molecule has 4 N–H and O–H groups in total. The van der Waals surface area contributed by atoms with Gasteiger partial charge < -0.3 is 11.5 Å². The van der Waals surface area contributed by atoms with Crippen LogP contribution in [0.2, 0.25) is 0 Å². The van der Waals surface area contributed by atoms with Gasteiger partial charge in [0.05, 0.1) is 0 Å². The summed E-state index contributed by atoms with van der Waals surface area (Å²) in [5, 5.41) is 1.14. The lowest BCUT2D eigenvalue weighted by atomic mass is 10.1. The number of carbonyl (C=O) groups is 1. The molecule has 2 aromatic rings. The summed E-state index contributed by atoms with van der Waals surface area (Å²) in [6.45, 7) is 3.92. The van der Waals surface area contributed by atoms with Crippen molar-refractivity contribution in [1.29, 1.82) is 0 Å². The minimum absolute atomic E-state index is 0.211. The lowest BCUT2D eigenvalue weighted by Gasteiger charge is -2.02. The zero-order chi connectivity index (χ0) is 12.6. The summed E-state index contributed by atoms with van der Waals surface area (Å²) in [5.41, 5.74) is 11.8. The Morgan fingerprint density at radius 1 is 1.24 bits per heavy atom. The standard InChI is InChI=1S/C12H13N3OS/c1-6-3-8-4-7(2)17-10(8)5-9(6)11(16)15-12(13)14/h3-5H,1-2H3,(H4,13,14,15,16). The lowest BCUT2D eigenvalue weighted by molar-refractivity contribution is 0.100. The summed E-state index contributed by atoms with van der Waals surface area (Å²) >= 11 is 1.65. The Morgan fingerprint density at radius 2 is 1.94 bits per heavy atom. The van der Waals surface area contributed by atoms with E-state index in [9.17, 15) is 4.79 Å². The van der Waals surface area contributed by atoms with E-state index < -0.39 is 5.91 Å². The molecule has 5 heteroatoms. The van der Waals surface area contributed by atoms with Gasteiger partial charge in [0.15, 0.2) is 5.96 Å². The molecule has 0 aliphatic carbocycles. The highest BCUT2D eigenvalue weighted by molar-refractivity contribution is 7.19. The Labute approximate surface area is 103 Å². The zero-order valence-corrected chi connectivity index (χ0v) is 10.5. The van der Waals surface area contributed by atoms with Crippen LogP contribution in [0.25, 0.3) is 10.1 Å². The SMILES string of the molecule is Cc1cc2cc(C)c(C(=O)N=C(N)N)cc2s1. The average molecular weight is 247 g/mol. The number of amides is 1. The van der Waals surface area contributed by atoms with Crippen molar-refractivity contribution < 1.29 is 4.79 Å². The number of aryl methyl sites for hydroxylation is 2. The van der Waals surface area contributed by atoms with Crippen LogP contribution in [0.5, 0.6) is 0 Å². The molecule has 0 bridgehead atoms. The average Bonchev–Trinajstić information content (AvgIpc) is 2.54. The van der Waals surface area contributed by atoms with E-state index in [-0.39, 0.29) is 5.96 Å². The lowest BCUT2D eigenvalue weighted by Crippen LogP contribution is -2.24. The van der Waals surface area contributed by atoms with E-state index in [4.69, 9.17) is 11.5 Å². The monoisotopic (exact) mass is 247 g/mol. The Morgan fingerprint density at radius 3 is 2.59 bits per heavy atom. The van der Waals surface area contributed by atoms with E-state index in [1.54, 1.807) is 11.3 Å². The summed E-state index contributed by atoms with van der Waals surface area (Å²) in [6.07, 6.45) is 0. The number of carbonyl (C=O) groups excluding carboxylic acids is 1. The van der Waals surface area contributed by atoms with Gasteiger partial charge in [-0.25, -0.2) is 0 Å². The molecule has 1 heterocycles. The first kappa shape index (κ1) is 11.6. The number of guanidine groups is 1. The topological polar surface area (TPSA) is 81.5 Å². The molecule has 0 saturated carbocycles. The van der Waals surface area contributed by atoms with Crippen LogP contribution in [0.4, 0.5) is 0 Å². The summed E-state index contributed by atoms with van der Waals surface area (Å²) in [5.74, 6) is -0.604. The van der Waals surface area contributed by atoms with Gasteiger partial charge in [-0.2, -0.15) is 4.99 Å². The summed E-state index contributed by atoms with van der Waals surface area (Å²) in [6, 6.07) is 5.92. The van der Waals surface area contributed by atoms with Gasteiger partial charge in [-0.1, -0.05) is 0 Å². The molecule has 0 radical (unpaired) electrons. The quantitative estimate of drug-likeness (QED) is 0.596. The number of fused-ring (bicyclic) bond motifs is 1. The van der Waals surface area contributed by atoms with Crippen LogP contribution in [-0.4, -0.2) is 11.9 Å². The number of nitrogens with two attached hydrogens (primary N) is 2. The Balaban J connectivity index is 2.58. The highest BCUT2D eigenvalue weighted by atomic mass is 32.1. The molecule has 0 saturated heterocycles. The molecule has 0 aliphatic rings. The Kier molecular flexibility index (Phi) is 2.85. The first-order valence-corrected chi connectivity index (χ1v) is 5.94. The summed E-state index contributed by atoms with van der Waals surface area (Å²) in [7, 11) is 0. The van der Waals surface area contributed by atoms with Crippen molar-refractivity contribution in [3.05, 3.63) is 34.2 Å².